The molecule has 29 heavy (non-hydrogen) atoms. The smallest absolute Gasteiger partial charge is 0.259 e. The molecule has 0 spiro atoms. The van der Waals surface area contributed by atoms with E-state index in [4.69, 9.17) is 4.74 Å². The van der Waals surface area contributed by atoms with E-state index in [1.165, 1.54) is 11.8 Å². The van der Waals surface area contributed by atoms with E-state index in [1.807, 2.05) is 54.6 Å². The van der Waals surface area contributed by atoms with Crippen LogP contribution in [-0.2, 0) is 6.54 Å². The molecule has 2 amide bonds. The van der Waals surface area contributed by atoms with Gasteiger partial charge in [-0.05, 0) is 48.0 Å². The molecule has 4 rings (SSSR count). The van der Waals surface area contributed by atoms with Crippen molar-refractivity contribution in [2.45, 2.75) is 16.3 Å². The Morgan fingerprint density at radius 2 is 1.79 bits per heavy atom. The van der Waals surface area contributed by atoms with Crippen molar-refractivity contribution < 1.29 is 14.3 Å². The molecule has 3 aromatic rings. The third-order valence-electron chi connectivity index (χ3n) is 4.84. The Morgan fingerprint density at radius 1 is 1.03 bits per heavy atom. The summed E-state index contributed by atoms with van der Waals surface area (Å²) in [5.41, 5.74) is 2.89. The number of fused-ring (bicyclic) bond motifs is 2. The van der Waals surface area contributed by atoms with E-state index >= 15 is 0 Å². The Kier molecular flexibility index (Phi) is 5.27. The van der Waals surface area contributed by atoms with Crippen LogP contribution in [0.15, 0.2) is 76.5 Å². The first-order chi connectivity index (χ1) is 14.1. The minimum absolute atomic E-state index is 0.0809. The summed E-state index contributed by atoms with van der Waals surface area (Å²) in [7, 11) is 3.36. The molecule has 0 atom stereocenters. The van der Waals surface area contributed by atoms with Gasteiger partial charge >= 0.3 is 0 Å². The Bertz CT molecular complexity index is 1080. The summed E-state index contributed by atoms with van der Waals surface area (Å²) in [6, 6.07) is 20.6. The molecule has 5 nitrogen and oxygen atoms in total. The summed E-state index contributed by atoms with van der Waals surface area (Å²) >= 11 is 1.54. The molecule has 0 bridgehead atoms. The van der Waals surface area contributed by atoms with Crippen molar-refractivity contribution in [3.8, 4) is 5.75 Å². The monoisotopic (exact) mass is 404 g/mol. The maximum absolute atomic E-state index is 12.8. The Balaban J connectivity index is 1.54. The van der Waals surface area contributed by atoms with E-state index < -0.39 is 0 Å². The van der Waals surface area contributed by atoms with Crippen molar-refractivity contribution in [1.82, 2.24) is 5.32 Å². The molecule has 0 aromatic heterocycles. The minimum atomic E-state index is -0.184. The number of carbonyl (C=O) groups excluding carboxylic acids is 2. The van der Waals surface area contributed by atoms with E-state index in [2.05, 4.69) is 5.32 Å². The Morgan fingerprint density at radius 3 is 2.55 bits per heavy atom. The molecule has 6 heteroatoms. The lowest BCUT2D eigenvalue weighted by Crippen LogP contribution is -2.27. The summed E-state index contributed by atoms with van der Waals surface area (Å²) in [5.74, 6) is 0.510. The van der Waals surface area contributed by atoms with Crippen LogP contribution in [0.3, 0.4) is 0 Å². The van der Waals surface area contributed by atoms with E-state index in [0.29, 0.717) is 17.7 Å². The van der Waals surface area contributed by atoms with Crippen LogP contribution in [0.25, 0.3) is 0 Å². The van der Waals surface area contributed by atoms with Crippen molar-refractivity contribution in [3.05, 3.63) is 83.4 Å². The third kappa shape index (κ3) is 3.84. The minimum Gasteiger partial charge on any atom is -0.497 e. The molecule has 0 fully saturated rings. The Hall–Kier alpha value is -3.25. The molecule has 0 saturated carbocycles. The van der Waals surface area contributed by atoms with Crippen LogP contribution in [0, 0.1) is 0 Å². The molecule has 146 valence electrons. The quantitative estimate of drug-likeness (QED) is 0.702. The highest BCUT2D eigenvalue weighted by Gasteiger charge is 2.25. The molecule has 0 unspecified atom stereocenters. The highest BCUT2D eigenvalue weighted by atomic mass is 32.2. The topological polar surface area (TPSA) is 58.6 Å². The highest BCUT2D eigenvalue weighted by molar-refractivity contribution is 7.99. The highest BCUT2D eigenvalue weighted by Crippen LogP contribution is 2.41. The second-order valence-electron chi connectivity index (χ2n) is 6.68. The van der Waals surface area contributed by atoms with Gasteiger partial charge in [-0.25, -0.2) is 0 Å². The van der Waals surface area contributed by atoms with Gasteiger partial charge in [0.05, 0.1) is 18.4 Å². The van der Waals surface area contributed by atoms with E-state index in [0.717, 1.165) is 26.8 Å². The largest absolute Gasteiger partial charge is 0.497 e. The second-order valence-corrected chi connectivity index (χ2v) is 7.76. The van der Waals surface area contributed by atoms with Crippen LogP contribution in [0.4, 0.5) is 5.69 Å². The summed E-state index contributed by atoms with van der Waals surface area (Å²) < 4.78 is 5.15. The fourth-order valence-corrected chi connectivity index (χ4v) is 4.26. The van der Waals surface area contributed by atoms with Crippen molar-refractivity contribution in [1.29, 1.82) is 0 Å². The molecule has 1 aliphatic heterocycles. The van der Waals surface area contributed by atoms with E-state index in [1.54, 1.807) is 31.2 Å². The first-order valence-electron chi connectivity index (χ1n) is 9.17. The number of hydrogen-bond acceptors (Lipinski definition) is 4. The normalized spacial score (nSPS) is 12.6. The summed E-state index contributed by atoms with van der Waals surface area (Å²) in [6.45, 7) is 0.412. The van der Waals surface area contributed by atoms with Gasteiger partial charge in [0.1, 0.15) is 5.75 Å². The summed E-state index contributed by atoms with van der Waals surface area (Å²) in [5, 5.41) is 2.93. The van der Waals surface area contributed by atoms with Crippen LogP contribution >= 0.6 is 11.8 Å². The lowest BCUT2D eigenvalue weighted by atomic mass is 10.1. The molecule has 0 aliphatic carbocycles. The zero-order valence-electron chi connectivity index (χ0n) is 16.1. The maximum Gasteiger partial charge on any atom is 0.259 e. The predicted molar refractivity (Wildman–Crippen MR) is 114 cm³/mol. The van der Waals surface area contributed by atoms with Gasteiger partial charge in [0.2, 0.25) is 0 Å². The zero-order valence-corrected chi connectivity index (χ0v) is 17.0. The number of methoxy groups -OCH3 is 1. The first kappa shape index (κ1) is 19.1. The van der Waals surface area contributed by atoms with Gasteiger partial charge in [0.15, 0.2) is 0 Å². The van der Waals surface area contributed by atoms with Crippen LogP contribution in [0.5, 0.6) is 5.75 Å². The van der Waals surface area contributed by atoms with Crippen molar-refractivity contribution >= 4 is 29.3 Å². The number of nitrogens with zero attached hydrogens (tertiary/aromatic N) is 1. The van der Waals surface area contributed by atoms with Gasteiger partial charge in [0, 0.05) is 28.9 Å². The number of nitrogens with one attached hydrogen (secondary N) is 1. The van der Waals surface area contributed by atoms with Crippen LogP contribution in [0.1, 0.15) is 26.3 Å². The van der Waals surface area contributed by atoms with Gasteiger partial charge in [-0.1, -0.05) is 36.0 Å². The van der Waals surface area contributed by atoms with E-state index in [-0.39, 0.29) is 11.8 Å². The fourth-order valence-electron chi connectivity index (χ4n) is 3.18. The standard InChI is InChI=1S/C23H20N2O3S/c1-25-19-13-16(22(26)24-14-15-7-10-17(28-2)11-8-15)9-12-21(19)29-20-6-4-3-5-18(20)23(25)27/h3-13H,14H2,1-2H3,(H,24,26). The van der Waals surface area contributed by atoms with Gasteiger partial charge in [0.25, 0.3) is 11.8 Å². The molecular weight excluding hydrogens is 384 g/mol. The number of anilines is 1. The third-order valence-corrected chi connectivity index (χ3v) is 5.98. The number of amides is 2. The number of carbonyl (C=O) groups is 2. The summed E-state index contributed by atoms with van der Waals surface area (Å²) in [4.78, 5) is 29.0. The average molecular weight is 404 g/mol. The average Bonchev–Trinajstić information content (AvgIpc) is 2.87. The van der Waals surface area contributed by atoms with Crippen LogP contribution in [-0.4, -0.2) is 26.0 Å². The number of ether oxygens (including phenoxy) is 1. The van der Waals surface area contributed by atoms with Gasteiger partial charge in [-0.15, -0.1) is 0 Å². The fraction of sp³-hybridized carbons (Fsp3) is 0.130. The van der Waals surface area contributed by atoms with Gasteiger partial charge in [-0.3, -0.25) is 9.59 Å². The maximum atomic E-state index is 12.8. The molecular formula is C23H20N2O3S. The SMILES string of the molecule is COc1ccc(CNC(=O)c2ccc3c(c2)N(C)C(=O)c2ccccc2S3)cc1. The zero-order chi connectivity index (χ0) is 20.4. The molecule has 0 radical (unpaired) electrons. The first-order valence-corrected chi connectivity index (χ1v) is 9.98. The van der Waals surface area contributed by atoms with Crippen LogP contribution in [0.2, 0.25) is 0 Å². The Labute approximate surface area is 173 Å². The lowest BCUT2D eigenvalue weighted by Gasteiger charge is -2.18. The van der Waals surface area contributed by atoms with Gasteiger partial charge in [-0.2, -0.15) is 0 Å². The molecule has 3 aromatic carbocycles. The van der Waals surface area contributed by atoms with Crippen LogP contribution < -0.4 is 15.0 Å². The molecule has 1 aliphatic rings. The van der Waals surface area contributed by atoms with Gasteiger partial charge < -0.3 is 15.0 Å². The molecule has 1 heterocycles. The molecule has 0 saturated heterocycles. The number of benzene rings is 3. The van der Waals surface area contributed by atoms with E-state index in [9.17, 15) is 9.59 Å². The predicted octanol–water partition coefficient (Wildman–Crippen LogP) is 4.37. The lowest BCUT2D eigenvalue weighted by molar-refractivity contribution is 0.0948. The molecule has 1 N–H and O–H groups in total. The van der Waals surface area contributed by atoms with Crippen molar-refractivity contribution in [2.24, 2.45) is 0 Å². The van der Waals surface area contributed by atoms with Crippen molar-refractivity contribution in [2.75, 3.05) is 19.1 Å². The summed E-state index contributed by atoms with van der Waals surface area (Å²) in [6.07, 6.45) is 0. The van der Waals surface area contributed by atoms with Crippen molar-refractivity contribution in [3.63, 3.8) is 0 Å². The number of hydrogen-bond donors (Lipinski definition) is 1. The number of rotatable bonds is 4. The second kappa shape index (κ2) is 8.01.